The van der Waals surface area contributed by atoms with Gasteiger partial charge in [-0.25, -0.2) is 0 Å². The van der Waals surface area contributed by atoms with Gasteiger partial charge in [0.25, 0.3) is 0 Å². The number of hydrogen-bond donors (Lipinski definition) is 0. The van der Waals surface area contributed by atoms with E-state index < -0.39 is 12.6 Å². The predicted octanol–water partition coefficient (Wildman–Crippen LogP) is 6.42. The first-order valence-corrected chi connectivity index (χ1v) is 10.9. The minimum absolute atomic E-state index is 0.541. The number of nitrogens with zero attached hydrogens (tertiary/aromatic N) is 2. The van der Waals surface area contributed by atoms with E-state index >= 15 is 0 Å². The minimum atomic E-state index is -0.771. The minimum Gasteiger partial charge on any atom is -0.288 e. The fourth-order valence-electron chi connectivity index (χ4n) is 3.49. The highest BCUT2D eigenvalue weighted by Crippen LogP contribution is 2.32. The standard InChI is InChI=1S/C26H21ClN2O4/c1-17-2-6-19(7-3-17)25-30-32-26(33-31-25)20-8-4-18(5-9-20)15-28-16-21-12-13-29-24-14-22(27)10-11-23(21)24/h2-15,25-26H,16H2,1H3. The van der Waals surface area contributed by atoms with Crippen LogP contribution < -0.4 is 0 Å². The SMILES string of the molecule is Cc1ccc(C2OOC(c3ccc(C=NCc4ccnc5cc(Cl)ccc45)cc3)OO2)cc1. The van der Waals surface area contributed by atoms with Gasteiger partial charge in [0.05, 0.1) is 12.1 Å². The Morgan fingerprint density at radius 2 is 1.48 bits per heavy atom. The lowest BCUT2D eigenvalue weighted by atomic mass is 10.1. The molecule has 0 spiro atoms. The average Bonchev–Trinajstić information content (AvgIpc) is 2.85. The smallest absolute Gasteiger partial charge is 0.249 e. The first-order chi connectivity index (χ1) is 16.2. The van der Waals surface area contributed by atoms with Crippen LogP contribution in [-0.4, -0.2) is 11.2 Å². The van der Waals surface area contributed by atoms with Gasteiger partial charge in [-0.2, -0.15) is 19.6 Å². The van der Waals surface area contributed by atoms with Gasteiger partial charge in [-0.1, -0.05) is 71.8 Å². The summed E-state index contributed by atoms with van der Waals surface area (Å²) < 4.78 is 0. The second kappa shape index (κ2) is 9.79. The maximum Gasteiger partial charge on any atom is 0.249 e. The summed E-state index contributed by atoms with van der Waals surface area (Å²) in [6.45, 7) is 2.56. The number of hydrogen-bond acceptors (Lipinski definition) is 6. The molecule has 1 fully saturated rings. The maximum atomic E-state index is 6.06. The second-order valence-electron chi connectivity index (χ2n) is 7.73. The van der Waals surface area contributed by atoms with Gasteiger partial charge in [0, 0.05) is 33.9 Å². The Kier molecular flexibility index (Phi) is 6.44. The van der Waals surface area contributed by atoms with Gasteiger partial charge in [-0.15, -0.1) is 0 Å². The summed E-state index contributed by atoms with van der Waals surface area (Å²) in [6, 6.07) is 23.1. The molecule has 1 aromatic heterocycles. The van der Waals surface area contributed by atoms with Crippen LogP contribution in [-0.2, 0) is 26.1 Å². The van der Waals surface area contributed by atoms with Crippen molar-refractivity contribution in [3.05, 3.63) is 112 Å². The van der Waals surface area contributed by atoms with Crippen molar-refractivity contribution in [2.75, 3.05) is 0 Å². The number of aryl methyl sites for hydroxylation is 1. The summed E-state index contributed by atoms with van der Waals surface area (Å²) in [5.41, 5.74) is 5.64. The number of pyridine rings is 1. The number of aromatic nitrogens is 1. The van der Waals surface area contributed by atoms with Crippen molar-refractivity contribution in [3.63, 3.8) is 0 Å². The quantitative estimate of drug-likeness (QED) is 0.254. The lowest BCUT2D eigenvalue weighted by molar-refractivity contribution is -0.600. The van der Waals surface area contributed by atoms with Crippen molar-refractivity contribution >= 4 is 28.7 Å². The molecule has 0 radical (unpaired) electrons. The van der Waals surface area contributed by atoms with Crippen LogP contribution in [0.4, 0.5) is 0 Å². The molecule has 6 nitrogen and oxygen atoms in total. The summed E-state index contributed by atoms with van der Waals surface area (Å²) in [5, 5.41) is 1.72. The van der Waals surface area contributed by atoms with E-state index in [0.29, 0.717) is 11.6 Å². The molecular formula is C26H21ClN2O4. The zero-order chi connectivity index (χ0) is 22.6. The molecule has 7 heteroatoms. The summed E-state index contributed by atoms with van der Waals surface area (Å²) in [6.07, 6.45) is 2.10. The molecule has 1 aliphatic heterocycles. The third kappa shape index (κ3) is 5.11. The number of benzene rings is 3. The zero-order valence-corrected chi connectivity index (χ0v) is 18.6. The van der Waals surface area contributed by atoms with E-state index in [4.69, 9.17) is 31.2 Å². The van der Waals surface area contributed by atoms with Crippen molar-refractivity contribution in [1.29, 1.82) is 0 Å². The van der Waals surface area contributed by atoms with Gasteiger partial charge in [0.15, 0.2) is 0 Å². The zero-order valence-electron chi connectivity index (χ0n) is 17.9. The van der Waals surface area contributed by atoms with E-state index in [1.165, 1.54) is 0 Å². The normalized spacial score (nSPS) is 18.7. The molecule has 1 saturated heterocycles. The van der Waals surface area contributed by atoms with Crippen molar-refractivity contribution in [3.8, 4) is 0 Å². The van der Waals surface area contributed by atoms with Gasteiger partial charge in [-0.05, 0) is 36.2 Å². The third-order valence-electron chi connectivity index (χ3n) is 5.32. The molecular weight excluding hydrogens is 440 g/mol. The topological polar surface area (TPSA) is 62.2 Å². The maximum absolute atomic E-state index is 6.06. The van der Waals surface area contributed by atoms with Crippen LogP contribution in [0.5, 0.6) is 0 Å². The number of halogens is 1. The van der Waals surface area contributed by atoms with E-state index in [9.17, 15) is 0 Å². The van der Waals surface area contributed by atoms with Crippen LogP contribution in [0.2, 0.25) is 5.02 Å². The Bertz CT molecular complexity index is 1270. The van der Waals surface area contributed by atoms with Gasteiger partial charge in [0.1, 0.15) is 0 Å². The highest BCUT2D eigenvalue weighted by Gasteiger charge is 2.28. The van der Waals surface area contributed by atoms with Crippen LogP contribution in [0.15, 0.2) is 84.0 Å². The first kappa shape index (κ1) is 21.7. The molecule has 3 aromatic carbocycles. The van der Waals surface area contributed by atoms with Crippen LogP contribution in [0.25, 0.3) is 10.9 Å². The van der Waals surface area contributed by atoms with Gasteiger partial charge in [-0.3, -0.25) is 9.98 Å². The summed E-state index contributed by atoms with van der Waals surface area (Å²) in [4.78, 5) is 30.5. The average molecular weight is 461 g/mol. The molecule has 1 aliphatic rings. The number of fused-ring (bicyclic) bond motifs is 1. The monoisotopic (exact) mass is 460 g/mol. The summed E-state index contributed by atoms with van der Waals surface area (Å²) >= 11 is 6.06. The third-order valence-corrected chi connectivity index (χ3v) is 5.55. The fraction of sp³-hybridized carbons (Fsp3) is 0.154. The Morgan fingerprint density at radius 1 is 0.848 bits per heavy atom. The molecule has 33 heavy (non-hydrogen) atoms. The van der Waals surface area contributed by atoms with E-state index in [-0.39, 0.29) is 0 Å². The predicted molar refractivity (Wildman–Crippen MR) is 125 cm³/mol. The Balaban J connectivity index is 1.19. The highest BCUT2D eigenvalue weighted by atomic mass is 35.5. The molecule has 0 unspecified atom stereocenters. The largest absolute Gasteiger partial charge is 0.288 e. The Hall–Kier alpha value is -3.13. The molecule has 5 rings (SSSR count). The molecule has 4 aromatic rings. The summed E-state index contributed by atoms with van der Waals surface area (Å²) in [5.74, 6) is 0. The molecule has 0 N–H and O–H groups in total. The molecule has 166 valence electrons. The van der Waals surface area contributed by atoms with Crippen molar-refractivity contribution in [2.24, 2.45) is 4.99 Å². The molecule has 0 saturated carbocycles. The van der Waals surface area contributed by atoms with Crippen LogP contribution >= 0.6 is 11.6 Å². The van der Waals surface area contributed by atoms with Crippen LogP contribution in [0.1, 0.15) is 40.4 Å². The van der Waals surface area contributed by atoms with Crippen molar-refractivity contribution in [1.82, 2.24) is 4.98 Å². The molecule has 0 atom stereocenters. The van der Waals surface area contributed by atoms with Crippen LogP contribution in [0.3, 0.4) is 0 Å². The molecule has 0 bridgehead atoms. The second-order valence-corrected chi connectivity index (χ2v) is 8.16. The van der Waals surface area contributed by atoms with Crippen molar-refractivity contribution < 1.29 is 19.6 Å². The van der Waals surface area contributed by atoms with Gasteiger partial charge >= 0.3 is 0 Å². The van der Waals surface area contributed by atoms with Gasteiger partial charge < -0.3 is 0 Å². The molecule has 0 aliphatic carbocycles. The van der Waals surface area contributed by atoms with E-state index in [1.807, 2.05) is 85.9 Å². The Morgan fingerprint density at radius 3 is 2.15 bits per heavy atom. The van der Waals surface area contributed by atoms with Crippen LogP contribution in [0, 0.1) is 6.92 Å². The summed E-state index contributed by atoms with van der Waals surface area (Å²) in [7, 11) is 0. The highest BCUT2D eigenvalue weighted by molar-refractivity contribution is 6.31. The van der Waals surface area contributed by atoms with E-state index in [0.717, 1.165) is 38.7 Å². The fourth-order valence-corrected chi connectivity index (χ4v) is 3.65. The Labute approximate surface area is 196 Å². The van der Waals surface area contributed by atoms with Crippen molar-refractivity contribution in [2.45, 2.75) is 26.0 Å². The first-order valence-electron chi connectivity index (χ1n) is 10.5. The lowest BCUT2D eigenvalue weighted by Gasteiger charge is -2.27. The van der Waals surface area contributed by atoms with E-state index in [1.54, 1.807) is 6.20 Å². The number of rotatable bonds is 5. The molecule has 0 amide bonds. The number of aliphatic imine (C=N–C) groups is 1. The van der Waals surface area contributed by atoms with Gasteiger partial charge in [0.2, 0.25) is 12.6 Å². The molecule has 2 heterocycles. The van der Waals surface area contributed by atoms with E-state index in [2.05, 4.69) is 9.98 Å². The lowest BCUT2D eigenvalue weighted by Crippen LogP contribution is -2.22.